The van der Waals surface area contributed by atoms with E-state index in [1.54, 1.807) is 0 Å². The van der Waals surface area contributed by atoms with E-state index in [1.165, 1.54) is 17.0 Å². The maximum absolute atomic E-state index is 4.57. The van der Waals surface area contributed by atoms with E-state index in [9.17, 15) is 0 Å². The van der Waals surface area contributed by atoms with Gasteiger partial charge in [-0.1, -0.05) is 20.8 Å². The van der Waals surface area contributed by atoms with Gasteiger partial charge in [0, 0.05) is 31.5 Å². The second-order valence-electron chi connectivity index (χ2n) is 5.04. The lowest BCUT2D eigenvalue weighted by Crippen LogP contribution is -2.25. The van der Waals surface area contributed by atoms with Gasteiger partial charge in [0.1, 0.15) is 0 Å². The smallest absolute Gasteiger partial charge is 0.0984 e. The molecule has 4 nitrogen and oxygen atoms in total. The summed E-state index contributed by atoms with van der Waals surface area (Å²) in [5.41, 5.74) is 2.52. The van der Waals surface area contributed by atoms with Crippen molar-refractivity contribution in [2.45, 2.75) is 45.7 Å². The van der Waals surface area contributed by atoms with Crippen molar-refractivity contribution in [1.29, 1.82) is 0 Å². The Morgan fingerprint density at radius 3 is 2.55 bits per heavy atom. The van der Waals surface area contributed by atoms with Gasteiger partial charge >= 0.3 is 0 Å². The topological polar surface area (TPSA) is 33.1 Å². The third kappa shape index (κ3) is 5.11. The van der Waals surface area contributed by atoms with Gasteiger partial charge in [0.25, 0.3) is 0 Å². The minimum Gasteiger partial charge on any atom is -0.313 e. The van der Waals surface area contributed by atoms with Crippen molar-refractivity contribution < 1.29 is 0 Å². The fourth-order valence-electron chi connectivity index (χ4n) is 2.27. The monoisotopic (exact) mass is 298 g/mol. The van der Waals surface area contributed by atoms with Crippen LogP contribution in [0.3, 0.4) is 0 Å². The van der Waals surface area contributed by atoms with Gasteiger partial charge < -0.3 is 10.2 Å². The zero-order valence-corrected chi connectivity index (χ0v) is 14.5. The van der Waals surface area contributed by atoms with Gasteiger partial charge in [0.2, 0.25) is 0 Å². The molecule has 0 aliphatic carbocycles. The molecule has 5 heteroatoms. The van der Waals surface area contributed by atoms with Crippen LogP contribution >= 0.6 is 11.8 Å². The first-order chi connectivity index (χ1) is 9.63. The van der Waals surface area contributed by atoms with Crippen molar-refractivity contribution in [2.24, 2.45) is 7.05 Å². The van der Waals surface area contributed by atoms with Gasteiger partial charge in [-0.3, -0.25) is 4.68 Å². The van der Waals surface area contributed by atoms with E-state index in [4.69, 9.17) is 0 Å². The lowest BCUT2D eigenvalue weighted by Gasteiger charge is -2.17. The van der Waals surface area contributed by atoms with Crippen LogP contribution in [-0.2, 0) is 13.6 Å². The minimum atomic E-state index is 0.932. The standard InChI is InChI=1S/C15H30N4S/c1-6-9-16-12-14-13(4)17-18(5)15(14)20-11-10-19(7-2)8-3/h16H,6-12H2,1-5H3. The predicted octanol–water partition coefficient (Wildman–Crippen LogP) is 2.66. The van der Waals surface area contributed by atoms with E-state index in [-0.39, 0.29) is 0 Å². The van der Waals surface area contributed by atoms with Crippen LogP contribution in [0, 0.1) is 6.92 Å². The highest BCUT2D eigenvalue weighted by molar-refractivity contribution is 7.99. The van der Waals surface area contributed by atoms with E-state index in [0.717, 1.165) is 44.2 Å². The number of hydrogen-bond acceptors (Lipinski definition) is 4. The van der Waals surface area contributed by atoms with Crippen molar-refractivity contribution in [3.63, 3.8) is 0 Å². The summed E-state index contributed by atoms with van der Waals surface area (Å²) in [5, 5.41) is 9.38. The van der Waals surface area contributed by atoms with Crippen LogP contribution in [0.4, 0.5) is 0 Å². The molecule has 1 heterocycles. The number of aryl methyl sites for hydroxylation is 2. The molecule has 0 bridgehead atoms. The fraction of sp³-hybridized carbons (Fsp3) is 0.800. The molecule has 1 rings (SSSR count). The molecule has 0 aromatic carbocycles. The van der Waals surface area contributed by atoms with Crippen LogP contribution in [0.1, 0.15) is 38.4 Å². The summed E-state index contributed by atoms with van der Waals surface area (Å²) in [5.74, 6) is 1.13. The predicted molar refractivity (Wildman–Crippen MR) is 88.5 cm³/mol. The maximum Gasteiger partial charge on any atom is 0.0984 e. The van der Waals surface area contributed by atoms with Crippen molar-refractivity contribution >= 4 is 11.8 Å². The molecule has 0 saturated heterocycles. The molecule has 0 spiro atoms. The zero-order chi connectivity index (χ0) is 15.0. The summed E-state index contributed by atoms with van der Waals surface area (Å²) in [6, 6.07) is 0. The highest BCUT2D eigenvalue weighted by Gasteiger charge is 2.13. The molecular formula is C15H30N4S. The van der Waals surface area contributed by atoms with Gasteiger partial charge in [-0.15, -0.1) is 11.8 Å². The molecule has 0 saturated carbocycles. The van der Waals surface area contributed by atoms with Gasteiger partial charge in [-0.25, -0.2) is 0 Å². The van der Waals surface area contributed by atoms with E-state index >= 15 is 0 Å². The first-order valence-electron chi connectivity index (χ1n) is 7.72. The van der Waals surface area contributed by atoms with Crippen LogP contribution in [0.15, 0.2) is 5.03 Å². The number of hydrogen-bond donors (Lipinski definition) is 1. The summed E-state index contributed by atoms with van der Waals surface area (Å²) >= 11 is 1.93. The first kappa shape index (κ1) is 17.5. The van der Waals surface area contributed by atoms with Crippen molar-refractivity contribution in [2.75, 3.05) is 31.9 Å². The van der Waals surface area contributed by atoms with Crippen molar-refractivity contribution in [1.82, 2.24) is 20.0 Å². The molecule has 116 valence electrons. The van der Waals surface area contributed by atoms with Gasteiger partial charge in [-0.05, 0) is 33.0 Å². The second-order valence-corrected chi connectivity index (χ2v) is 6.13. The normalized spacial score (nSPS) is 11.5. The quantitative estimate of drug-likeness (QED) is 0.532. The van der Waals surface area contributed by atoms with E-state index < -0.39 is 0 Å². The Labute approximate surface area is 128 Å². The van der Waals surface area contributed by atoms with Gasteiger partial charge in [-0.2, -0.15) is 5.10 Å². The molecule has 0 radical (unpaired) electrons. The number of nitrogens with zero attached hydrogens (tertiary/aromatic N) is 3. The lowest BCUT2D eigenvalue weighted by atomic mass is 10.2. The Morgan fingerprint density at radius 1 is 1.25 bits per heavy atom. The summed E-state index contributed by atoms with van der Waals surface area (Å²) < 4.78 is 2.03. The summed E-state index contributed by atoms with van der Waals surface area (Å²) in [7, 11) is 2.05. The minimum absolute atomic E-state index is 0.932. The highest BCUT2D eigenvalue weighted by Crippen LogP contribution is 2.24. The van der Waals surface area contributed by atoms with Crippen LogP contribution < -0.4 is 5.32 Å². The van der Waals surface area contributed by atoms with E-state index in [1.807, 2.05) is 16.4 Å². The molecular weight excluding hydrogens is 268 g/mol. The molecule has 1 N–H and O–H groups in total. The fourth-order valence-corrected chi connectivity index (χ4v) is 3.43. The molecule has 0 unspecified atom stereocenters. The Bertz CT molecular complexity index is 385. The van der Waals surface area contributed by atoms with Crippen LogP contribution in [0.5, 0.6) is 0 Å². The second kappa shape index (κ2) is 9.42. The molecule has 0 amide bonds. The number of aromatic nitrogens is 2. The molecule has 0 atom stereocenters. The van der Waals surface area contributed by atoms with Gasteiger partial charge in [0.15, 0.2) is 0 Å². The van der Waals surface area contributed by atoms with Crippen molar-refractivity contribution in [3.8, 4) is 0 Å². The Morgan fingerprint density at radius 2 is 1.95 bits per heavy atom. The van der Waals surface area contributed by atoms with Crippen LogP contribution in [0.25, 0.3) is 0 Å². The number of thioether (sulfide) groups is 1. The molecule has 1 aromatic heterocycles. The summed E-state index contributed by atoms with van der Waals surface area (Å²) in [4.78, 5) is 2.46. The Hall–Kier alpha value is -0.520. The average Bonchev–Trinajstić information content (AvgIpc) is 2.70. The molecule has 0 fully saturated rings. The maximum atomic E-state index is 4.57. The average molecular weight is 299 g/mol. The van der Waals surface area contributed by atoms with Crippen LogP contribution in [0.2, 0.25) is 0 Å². The van der Waals surface area contributed by atoms with E-state index in [0.29, 0.717) is 0 Å². The summed E-state index contributed by atoms with van der Waals surface area (Å²) in [6.07, 6.45) is 1.17. The van der Waals surface area contributed by atoms with Gasteiger partial charge in [0.05, 0.1) is 10.7 Å². The first-order valence-corrected chi connectivity index (χ1v) is 8.70. The summed E-state index contributed by atoms with van der Waals surface area (Å²) in [6.45, 7) is 14.2. The molecule has 20 heavy (non-hydrogen) atoms. The molecule has 0 aliphatic rings. The molecule has 1 aromatic rings. The third-order valence-corrected chi connectivity index (χ3v) is 4.73. The lowest BCUT2D eigenvalue weighted by molar-refractivity contribution is 0.324. The molecule has 0 aliphatic heterocycles. The largest absolute Gasteiger partial charge is 0.313 e. The zero-order valence-electron chi connectivity index (χ0n) is 13.7. The third-order valence-electron chi connectivity index (χ3n) is 3.56. The Kier molecular flexibility index (Phi) is 8.26. The Balaban J connectivity index is 2.59. The van der Waals surface area contributed by atoms with Crippen LogP contribution in [-0.4, -0.2) is 46.6 Å². The van der Waals surface area contributed by atoms with E-state index in [2.05, 4.69) is 50.1 Å². The SMILES string of the molecule is CCCNCc1c(C)nn(C)c1SCCN(CC)CC. The number of rotatable bonds is 10. The van der Waals surface area contributed by atoms with Crippen molar-refractivity contribution in [3.05, 3.63) is 11.3 Å². The number of nitrogens with one attached hydrogen (secondary N) is 1. The highest BCUT2D eigenvalue weighted by atomic mass is 32.2.